The van der Waals surface area contributed by atoms with Gasteiger partial charge < -0.3 is 89.1 Å². The third-order valence-electron chi connectivity index (χ3n) is 3.67. The Balaban J connectivity index is -0.000000105. The van der Waals surface area contributed by atoms with Crippen molar-refractivity contribution in [2.75, 3.05) is 27.7 Å². The standard InChI is InChI=1S/C7H15NO3.2C6H8O7.3Zn/c1-8(2,3)5-6(9)4-7(10)11;2*7-3(8)1-6(13,5(11)12)2-4(9)10;;;/h6,9H,4-5H2,1-3H3;2*13H,1-2H2,(H,7,8)(H,9,10)(H,11,12);;;/q;;;3*+2/p-6/t6-;;;;;/m1...../s1. The van der Waals surface area contributed by atoms with Crippen LogP contribution in [0.15, 0.2) is 0 Å². The van der Waals surface area contributed by atoms with E-state index in [2.05, 4.69) is 0 Å². The Morgan fingerprint density at radius 1 is 0.575 bits per heavy atom. The van der Waals surface area contributed by atoms with E-state index in [-0.39, 0.29) is 64.9 Å². The number of rotatable bonds is 14. The summed E-state index contributed by atoms with van der Waals surface area (Å²) in [5, 5.41) is 97.0. The Bertz CT molecular complexity index is 775. The van der Waals surface area contributed by atoms with E-state index in [0.29, 0.717) is 11.0 Å². The number of quaternary nitrogens is 1. The molecule has 18 nitrogen and oxygen atoms in total. The molecule has 0 bridgehead atoms. The normalized spacial score (nSPS) is 11.1. The molecule has 40 heavy (non-hydrogen) atoms. The summed E-state index contributed by atoms with van der Waals surface area (Å²) in [6, 6.07) is 0. The second-order valence-electron chi connectivity index (χ2n) is 8.54. The molecule has 0 aromatic rings. The van der Waals surface area contributed by atoms with Gasteiger partial charge >= 0.3 is 58.4 Å². The third kappa shape index (κ3) is 29.0. The molecule has 0 saturated heterocycles. The summed E-state index contributed by atoms with van der Waals surface area (Å²) in [5.74, 6) is -13.2. The van der Waals surface area contributed by atoms with Crippen molar-refractivity contribution in [1.29, 1.82) is 0 Å². The first-order valence-corrected chi connectivity index (χ1v) is 9.72. The van der Waals surface area contributed by atoms with Gasteiger partial charge in [-0.15, -0.1) is 0 Å². The maximum atomic E-state index is 10.1. The predicted octanol–water partition coefficient (Wildman–Crippen LogP) is -12.3. The van der Waals surface area contributed by atoms with E-state index in [1.165, 1.54) is 0 Å². The van der Waals surface area contributed by atoms with Crippen LogP contribution in [0, 0.1) is 0 Å². The van der Waals surface area contributed by atoms with Crippen molar-refractivity contribution in [1.82, 2.24) is 0 Å². The molecule has 0 aliphatic heterocycles. The zero-order chi connectivity index (χ0) is 30.4. The Labute approximate surface area is 265 Å². The van der Waals surface area contributed by atoms with Crippen molar-refractivity contribution in [3.05, 3.63) is 0 Å². The van der Waals surface area contributed by atoms with E-state index in [0.717, 1.165) is 0 Å². The number of aliphatic hydroxyl groups excluding tert-OH is 1. The first kappa shape index (κ1) is 50.8. The Kier molecular flexibility index (Phi) is 28.8. The van der Waals surface area contributed by atoms with Crippen LogP contribution in [0.5, 0.6) is 0 Å². The van der Waals surface area contributed by atoms with Crippen LogP contribution < -0.4 is 35.7 Å². The van der Waals surface area contributed by atoms with Crippen LogP contribution in [0.3, 0.4) is 0 Å². The molecule has 0 aromatic carbocycles. The molecule has 1 atom stereocenters. The molecule has 0 aromatic heterocycles. The topological polar surface area (TPSA) is 342 Å². The van der Waals surface area contributed by atoms with Crippen LogP contribution >= 0.6 is 0 Å². The van der Waals surface area contributed by atoms with Gasteiger partial charge in [0.05, 0.1) is 33.1 Å². The average molecular weight is 736 g/mol. The van der Waals surface area contributed by atoms with Crippen LogP contribution in [0.1, 0.15) is 32.1 Å². The van der Waals surface area contributed by atoms with Crippen LogP contribution in [0.4, 0.5) is 0 Å². The number of aliphatic hydroxyl groups is 3. The SMILES string of the molecule is C[N+](C)(C)C[C@H](O)CC(=O)[O-].O=C([O-])CC(O)(CC(=O)[O-])C(=O)[O-].O=C([O-])CC(O)(CC(=O)[O-])C(=O)[O-].[Zn+2].[Zn+2].[Zn+2]. The Morgan fingerprint density at radius 3 is 0.925 bits per heavy atom. The van der Waals surface area contributed by atoms with E-state index in [1.54, 1.807) is 0 Å². The molecule has 0 spiro atoms. The van der Waals surface area contributed by atoms with Crippen LogP contribution in [0.2, 0.25) is 0 Å². The third-order valence-corrected chi connectivity index (χ3v) is 3.67. The molecule has 0 aliphatic rings. The molecular weight excluding hydrogens is 710 g/mol. The molecular formula is C19H25NO17Zn3. The number of carboxylic acid groups (broad SMARTS) is 7. The number of carboxylic acids is 7. The molecule has 3 N–H and O–H groups in total. The largest absolute Gasteiger partial charge is 2.00 e. The van der Waals surface area contributed by atoms with Crippen molar-refractivity contribution in [2.24, 2.45) is 0 Å². The summed E-state index contributed by atoms with van der Waals surface area (Å²) in [5.41, 5.74) is -5.95. The first-order chi connectivity index (χ1) is 16.4. The molecule has 0 fully saturated rings. The molecule has 0 radical (unpaired) electrons. The van der Waals surface area contributed by atoms with E-state index in [4.69, 9.17) is 15.3 Å². The number of carbonyl (C=O) groups excluding carboxylic acids is 7. The number of carbonyl (C=O) groups is 7. The van der Waals surface area contributed by atoms with Crippen molar-refractivity contribution in [3.8, 4) is 0 Å². The van der Waals surface area contributed by atoms with Gasteiger partial charge in [0.1, 0.15) is 23.9 Å². The van der Waals surface area contributed by atoms with Gasteiger partial charge in [0, 0.05) is 62.0 Å². The fourth-order valence-electron chi connectivity index (χ4n) is 2.26. The number of hydrogen-bond acceptors (Lipinski definition) is 17. The fourth-order valence-corrected chi connectivity index (χ4v) is 2.26. The van der Waals surface area contributed by atoms with Gasteiger partial charge in [-0.2, -0.15) is 0 Å². The molecule has 0 unspecified atom stereocenters. The van der Waals surface area contributed by atoms with Gasteiger partial charge in [-0.05, 0) is 0 Å². The first-order valence-electron chi connectivity index (χ1n) is 9.72. The van der Waals surface area contributed by atoms with Crippen molar-refractivity contribution < 1.29 is 148 Å². The number of nitrogens with zero attached hydrogens (tertiary/aromatic N) is 1. The molecule has 0 saturated carbocycles. The minimum absolute atomic E-state index is 0. The second kappa shape index (κ2) is 22.7. The molecule has 0 heterocycles. The van der Waals surface area contributed by atoms with Crippen molar-refractivity contribution in [2.45, 2.75) is 49.4 Å². The minimum Gasteiger partial charge on any atom is -0.550 e. The van der Waals surface area contributed by atoms with Crippen molar-refractivity contribution in [3.63, 3.8) is 0 Å². The van der Waals surface area contributed by atoms with E-state index < -0.39 is 84.8 Å². The molecule has 21 heteroatoms. The summed E-state index contributed by atoms with van der Waals surface area (Å²) in [4.78, 5) is 70.0. The molecule has 214 valence electrons. The monoisotopic (exact) mass is 731 g/mol. The maximum absolute atomic E-state index is 10.1. The Morgan fingerprint density at radius 2 is 0.800 bits per heavy atom. The number of likely N-dealkylation sites (N-methyl/N-ethyl adjacent to an activating group) is 1. The van der Waals surface area contributed by atoms with Gasteiger partial charge in [-0.25, -0.2) is 0 Å². The van der Waals surface area contributed by atoms with Crippen LogP contribution in [0.25, 0.3) is 0 Å². The predicted molar refractivity (Wildman–Crippen MR) is 96.9 cm³/mol. The summed E-state index contributed by atoms with van der Waals surface area (Å²) >= 11 is 0. The van der Waals surface area contributed by atoms with Gasteiger partial charge in [-0.1, -0.05) is 0 Å². The van der Waals surface area contributed by atoms with Crippen LogP contribution in [-0.2, 0) is 92.0 Å². The van der Waals surface area contributed by atoms with Gasteiger partial charge in [-0.3, -0.25) is 0 Å². The van der Waals surface area contributed by atoms with E-state index in [9.17, 15) is 69.3 Å². The summed E-state index contributed by atoms with van der Waals surface area (Å²) < 4.78 is 0.550. The Hall–Kier alpha value is -2.00. The van der Waals surface area contributed by atoms with E-state index in [1.807, 2.05) is 21.1 Å². The number of aliphatic carboxylic acids is 7. The van der Waals surface area contributed by atoms with Crippen molar-refractivity contribution >= 4 is 41.8 Å². The summed E-state index contributed by atoms with van der Waals surface area (Å²) in [6.07, 6.45) is -6.52. The van der Waals surface area contributed by atoms with Crippen LogP contribution in [-0.4, -0.2) is 107 Å². The number of hydrogen-bond donors (Lipinski definition) is 3. The zero-order valence-electron chi connectivity index (χ0n) is 21.9. The minimum atomic E-state index is -2.97. The average Bonchev–Trinajstić information content (AvgIpc) is 2.57. The quantitative estimate of drug-likeness (QED) is 0.110. The fraction of sp³-hybridized carbons (Fsp3) is 0.632. The molecule has 0 rings (SSSR count). The molecule has 0 amide bonds. The second-order valence-corrected chi connectivity index (χ2v) is 8.54. The van der Waals surface area contributed by atoms with Gasteiger partial charge in [0.15, 0.2) is 0 Å². The van der Waals surface area contributed by atoms with E-state index >= 15 is 0 Å². The summed E-state index contributed by atoms with van der Waals surface area (Å²) in [6.45, 7) is 0.425. The molecule has 0 aliphatic carbocycles. The maximum Gasteiger partial charge on any atom is 2.00 e. The summed E-state index contributed by atoms with van der Waals surface area (Å²) in [7, 11) is 5.66. The smallest absolute Gasteiger partial charge is 0.550 e. The van der Waals surface area contributed by atoms with Gasteiger partial charge in [0.25, 0.3) is 0 Å². The zero-order valence-corrected chi connectivity index (χ0v) is 30.8. The van der Waals surface area contributed by atoms with Gasteiger partial charge in [0.2, 0.25) is 0 Å².